The highest BCUT2D eigenvalue weighted by atomic mass is 28.4. The Morgan fingerprint density at radius 2 is 1.00 bits per heavy atom. The van der Waals surface area contributed by atoms with Gasteiger partial charge in [-0.1, -0.05) is 0 Å². The van der Waals surface area contributed by atoms with Crippen molar-refractivity contribution in [3.63, 3.8) is 0 Å². The van der Waals surface area contributed by atoms with Crippen molar-refractivity contribution < 1.29 is 35.7 Å². The highest BCUT2D eigenvalue weighted by molar-refractivity contribution is 6.60. The summed E-state index contributed by atoms with van der Waals surface area (Å²) >= 11 is -1.71. The molecule has 0 atom stereocenters. The third kappa shape index (κ3) is 10.6. The van der Waals surface area contributed by atoms with Crippen LogP contribution in [0.5, 0.6) is 0 Å². The van der Waals surface area contributed by atoms with Crippen LogP contribution in [-0.4, -0.2) is 62.8 Å². The van der Waals surface area contributed by atoms with Crippen molar-refractivity contribution >= 4 is 34.0 Å². The van der Waals surface area contributed by atoms with Crippen LogP contribution in [0.15, 0.2) is 0 Å². The van der Waals surface area contributed by atoms with Crippen molar-refractivity contribution in [3.05, 3.63) is 0 Å². The van der Waals surface area contributed by atoms with E-state index in [4.69, 9.17) is 28.8 Å². The molecule has 8 nitrogen and oxygen atoms in total. The molecule has 11 heteroatoms. The Kier molecular flexibility index (Phi) is 4.28. The summed E-state index contributed by atoms with van der Waals surface area (Å²) in [4.78, 5) is 48.9. The van der Waals surface area contributed by atoms with Crippen LogP contribution < -0.4 is 0 Å². The largest absolute Gasteiger partial charge is 0.654 e. The summed E-state index contributed by atoms with van der Waals surface area (Å²) in [6.07, 6.45) is 0. The van der Waals surface area contributed by atoms with Crippen molar-refractivity contribution in [1.29, 1.82) is 0 Å². The van der Waals surface area contributed by atoms with Gasteiger partial charge in [0.1, 0.15) is 0 Å². The van der Waals surface area contributed by atoms with Crippen LogP contribution >= 0.6 is 0 Å². The first-order valence-corrected chi connectivity index (χ1v) is 6.66. The summed E-state index contributed by atoms with van der Waals surface area (Å²) in [5.41, 5.74) is 0. The molecule has 0 aromatic rings. The topological polar surface area (TPSA) is 140 Å². The van der Waals surface area contributed by atoms with Gasteiger partial charge in [-0.05, 0) is 0 Å². The fourth-order valence-corrected chi connectivity index (χ4v) is 1.81. The highest BCUT2D eigenvalue weighted by Crippen LogP contribution is 1.91. The average molecular weight is 217 g/mol. The van der Waals surface area contributed by atoms with E-state index in [1.54, 1.807) is 0 Å². The smallest absolute Gasteiger partial charge is 0.464 e. The molecule has 0 saturated heterocycles. The molecule has 0 aliphatic carbocycles. The second kappa shape index (κ2) is 4.05. The monoisotopic (exact) mass is 217 g/mol. The van der Waals surface area contributed by atoms with Crippen LogP contribution in [0.2, 0.25) is 0 Å². The third-order valence-corrected chi connectivity index (χ3v) is 3.71. The first-order chi connectivity index (χ1) is 4.71. The summed E-state index contributed by atoms with van der Waals surface area (Å²) in [6, 6.07) is 0. The lowest BCUT2D eigenvalue weighted by molar-refractivity contribution is 0.0965. The van der Waals surface area contributed by atoms with Gasteiger partial charge in [-0.25, -0.2) is 0 Å². The molecule has 0 heterocycles. The fourth-order valence-electron chi connectivity index (χ4n) is 0.153. The zero-order valence-electron chi connectivity index (χ0n) is 5.08. The van der Waals surface area contributed by atoms with Crippen molar-refractivity contribution in [2.75, 3.05) is 0 Å². The van der Waals surface area contributed by atoms with Gasteiger partial charge in [-0.2, -0.15) is 0 Å². The van der Waals surface area contributed by atoms with Gasteiger partial charge in [0, 0.05) is 0 Å². The molecule has 0 bridgehead atoms. The lowest BCUT2D eigenvalue weighted by atomic mass is 15.6. The minimum Gasteiger partial charge on any atom is -0.464 e. The van der Waals surface area contributed by atoms with E-state index in [0.717, 1.165) is 0 Å². The number of hydrogen-bond donors (Lipinski definition) is 6. The maximum absolute atomic E-state index is 8.15. The molecule has 0 aliphatic heterocycles. The van der Waals surface area contributed by atoms with Gasteiger partial charge < -0.3 is 35.7 Å². The van der Waals surface area contributed by atoms with Gasteiger partial charge in [0.25, 0.3) is 0 Å². The minimum atomic E-state index is -4.66. The maximum Gasteiger partial charge on any atom is 0.654 e. The van der Waals surface area contributed by atoms with Gasteiger partial charge in [0.2, 0.25) is 0 Å². The van der Waals surface area contributed by atoms with E-state index in [1.807, 2.05) is 0 Å². The van der Waals surface area contributed by atoms with Crippen molar-refractivity contribution in [1.82, 2.24) is 0 Å². The molecule has 0 fully saturated rings. The van der Waals surface area contributed by atoms with Crippen LogP contribution in [0, 0.1) is 0 Å². The fraction of sp³-hybridized carbons (Fsp3) is 0. The van der Waals surface area contributed by atoms with Gasteiger partial charge in [0.15, 0.2) is 0 Å². The molecule has 0 aliphatic rings. The molecule has 0 amide bonds. The second-order valence-electron chi connectivity index (χ2n) is 1.48. The molecule has 0 saturated carbocycles. The van der Waals surface area contributed by atoms with Crippen LogP contribution in [-0.2, 0) is 6.96 Å². The van der Waals surface area contributed by atoms with E-state index in [2.05, 4.69) is 6.96 Å². The Morgan fingerprint density at radius 1 is 0.727 bits per heavy atom. The van der Waals surface area contributed by atoms with Crippen molar-refractivity contribution in [2.24, 2.45) is 0 Å². The minimum absolute atomic E-state index is 1.71. The predicted octanol–water partition coefficient (Wildman–Crippen LogP) is -4.62. The second-order valence-corrected chi connectivity index (χ2v) is 5.85. The van der Waals surface area contributed by atoms with Gasteiger partial charge in [-0.3, -0.25) is 0 Å². The van der Waals surface area contributed by atoms with Crippen LogP contribution in [0.4, 0.5) is 0 Å². The SMILES string of the molecule is O[Si](O)(O)[O][Al][O][Si](O)(O)O. The first kappa shape index (κ1) is 11.6. The van der Waals surface area contributed by atoms with Crippen LogP contribution in [0.1, 0.15) is 0 Å². The Bertz CT molecular complexity index is 96.2. The Hall–Kier alpha value is 0.646. The molecule has 1 radical (unpaired) electrons. The summed E-state index contributed by atoms with van der Waals surface area (Å²) in [7, 11) is -9.31. The van der Waals surface area contributed by atoms with E-state index in [-0.39, 0.29) is 0 Å². The highest BCUT2D eigenvalue weighted by Gasteiger charge is 2.36. The maximum atomic E-state index is 8.15. The summed E-state index contributed by atoms with van der Waals surface area (Å²) in [6.45, 7) is 0. The standard InChI is InChI=1S/Al.2H3O4Si/c;2*1-5(2,3)4/h;2*1-3H/q+2;2*-1. The molecule has 0 spiro atoms. The quantitative estimate of drug-likeness (QED) is 0.258. The summed E-state index contributed by atoms with van der Waals surface area (Å²) in [5.74, 6) is 0. The normalized spacial score (nSPS) is 13.3. The van der Waals surface area contributed by atoms with Gasteiger partial charge >= 0.3 is 34.0 Å². The van der Waals surface area contributed by atoms with Crippen molar-refractivity contribution in [2.45, 2.75) is 0 Å². The van der Waals surface area contributed by atoms with E-state index in [9.17, 15) is 0 Å². The summed E-state index contributed by atoms with van der Waals surface area (Å²) < 4.78 is 7.65. The van der Waals surface area contributed by atoms with Crippen molar-refractivity contribution in [3.8, 4) is 0 Å². The zero-order valence-corrected chi connectivity index (χ0v) is 8.23. The Labute approximate surface area is 70.2 Å². The van der Waals surface area contributed by atoms with Crippen LogP contribution in [0.25, 0.3) is 0 Å². The number of rotatable bonds is 4. The molecule has 65 valence electrons. The Balaban J connectivity index is 3.44. The molecular formula is H6AlO8Si2. The summed E-state index contributed by atoms with van der Waals surface area (Å²) in [5, 5.41) is 0. The zero-order chi connectivity index (χ0) is 9.12. The van der Waals surface area contributed by atoms with Crippen LogP contribution in [0.3, 0.4) is 0 Å². The average Bonchev–Trinajstić information content (AvgIpc) is 1.55. The van der Waals surface area contributed by atoms with E-state index in [1.165, 1.54) is 0 Å². The molecule has 11 heavy (non-hydrogen) atoms. The lowest BCUT2D eigenvalue weighted by Crippen LogP contribution is -2.46. The molecule has 0 unspecified atom stereocenters. The Morgan fingerprint density at radius 3 is 1.18 bits per heavy atom. The predicted molar refractivity (Wildman–Crippen MR) is 32.7 cm³/mol. The van der Waals surface area contributed by atoms with E-state index in [0.29, 0.717) is 0 Å². The molecule has 0 aromatic carbocycles. The van der Waals surface area contributed by atoms with Gasteiger partial charge in [-0.15, -0.1) is 0 Å². The number of hydrogen-bond acceptors (Lipinski definition) is 8. The lowest BCUT2D eigenvalue weighted by Gasteiger charge is -2.12. The molecular weight excluding hydrogens is 211 g/mol. The molecule has 6 N–H and O–H groups in total. The van der Waals surface area contributed by atoms with E-state index < -0.39 is 34.0 Å². The first-order valence-electron chi connectivity index (χ1n) is 2.22. The van der Waals surface area contributed by atoms with E-state index >= 15 is 0 Å². The molecule has 0 rings (SSSR count). The van der Waals surface area contributed by atoms with Gasteiger partial charge in [0.05, 0.1) is 0 Å². The third-order valence-electron chi connectivity index (χ3n) is 0.412. The molecule has 0 aromatic heterocycles.